The highest BCUT2D eigenvalue weighted by Crippen LogP contribution is 2.32. The van der Waals surface area contributed by atoms with E-state index in [1.54, 1.807) is 6.92 Å². The second-order valence-electron chi connectivity index (χ2n) is 3.82. The minimum absolute atomic E-state index is 0.343. The van der Waals surface area contributed by atoms with Crippen molar-refractivity contribution < 1.29 is 13.2 Å². The van der Waals surface area contributed by atoms with Gasteiger partial charge in [-0.3, -0.25) is 4.90 Å². The van der Waals surface area contributed by atoms with E-state index in [1.165, 1.54) is 4.90 Å². The van der Waals surface area contributed by atoms with Gasteiger partial charge in [0.2, 0.25) is 0 Å². The molecule has 0 radical (unpaired) electrons. The number of nitrogens with two attached hydrogens (primary N) is 1. The fourth-order valence-corrected chi connectivity index (χ4v) is 1.60. The summed E-state index contributed by atoms with van der Waals surface area (Å²) in [6, 6.07) is -1.46. The Hall–Kier alpha value is -0.290. The molecule has 0 heterocycles. The second-order valence-corrected chi connectivity index (χ2v) is 3.82. The van der Waals surface area contributed by atoms with Gasteiger partial charge in [-0.25, -0.2) is 0 Å². The summed E-state index contributed by atoms with van der Waals surface area (Å²) in [4.78, 5) is 1.44. The predicted molar refractivity (Wildman–Crippen MR) is 48.9 cm³/mol. The Morgan fingerprint density at radius 1 is 1.43 bits per heavy atom. The molecule has 0 aromatic rings. The molecule has 0 aromatic heterocycles. The van der Waals surface area contributed by atoms with Crippen molar-refractivity contribution >= 4 is 0 Å². The van der Waals surface area contributed by atoms with Gasteiger partial charge in [0.05, 0.1) is 0 Å². The largest absolute Gasteiger partial charge is 0.405 e. The first-order valence-corrected chi connectivity index (χ1v) is 4.99. The van der Waals surface area contributed by atoms with Crippen molar-refractivity contribution in [2.24, 2.45) is 11.7 Å². The van der Waals surface area contributed by atoms with Gasteiger partial charge >= 0.3 is 6.18 Å². The van der Waals surface area contributed by atoms with Gasteiger partial charge in [-0.1, -0.05) is 6.92 Å². The molecule has 0 aromatic carbocycles. The van der Waals surface area contributed by atoms with Gasteiger partial charge in [0, 0.05) is 13.1 Å². The Kier molecular flexibility index (Phi) is 3.78. The summed E-state index contributed by atoms with van der Waals surface area (Å²) in [5, 5.41) is 0. The Bertz CT molecular complexity index is 177. The van der Waals surface area contributed by atoms with E-state index >= 15 is 0 Å². The number of alkyl halides is 3. The molecule has 0 aliphatic heterocycles. The van der Waals surface area contributed by atoms with E-state index < -0.39 is 12.2 Å². The van der Waals surface area contributed by atoms with Gasteiger partial charge in [-0.15, -0.1) is 0 Å². The highest BCUT2D eigenvalue weighted by molar-refractivity contribution is 4.84. The Labute approximate surface area is 82.2 Å². The smallest absolute Gasteiger partial charge is 0.329 e. The number of halogens is 3. The topological polar surface area (TPSA) is 29.3 Å². The third-order valence-corrected chi connectivity index (χ3v) is 2.64. The summed E-state index contributed by atoms with van der Waals surface area (Å²) in [5.41, 5.74) is 5.17. The van der Waals surface area contributed by atoms with E-state index in [0.717, 1.165) is 12.8 Å². The quantitative estimate of drug-likeness (QED) is 0.747. The first-order valence-electron chi connectivity index (χ1n) is 4.99. The number of hydrogen-bond acceptors (Lipinski definition) is 2. The molecular weight excluding hydrogens is 193 g/mol. The highest BCUT2D eigenvalue weighted by Gasteiger charge is 2.43. The molecule has 14 heavy (non-hydrogen) atoms. The lowest BCUT2D eigenvalue weighted by atomic mass is 10.2. The molecule has 0 bridgehead atoms. The Morgan fingerprint density at radius 2 is 2.00 bits per heavy atom. The van der Waals surface area contributed by atoms with E-state index in [1.807, 2.05) is 0 Å². The Morgan fingerprint density at radius 3 is 2.29 bits per heavy atom. The fourth-order valence-electron chi connectivity index (χ4n) is 1.60. The molecule has 1 aliphatic rings. The molecule has 0 spiro atoms. The van der Waals surface area contributed by atoms with Gasteiger partial charge in [0.1, 0.15) is 6.04 Å². The maximum Gasteiger partial charge on any atom is 0.405 e. The number of rotatable bonds is 5. The van der Waals surface area contributed by atoms with Crippen molar-refractivity contribution in [3.63, 3.8) is 0 Å². The van der Waals surface area contributed by atoms with Crippen molar-refractivity contribution in [1.82, 2.24) is 4.90 Å². The second kappa shape index (κ2) is 4.49. The molecule has 1 saturated carbocycles. The molecule has 5 heteroatoms. The zero-order valence-corrected chi connectivity index (χ0v) is 8.35. The zero-order valence-electron chi connectivity index (χ0n) is 8.35. The van der Waals surface area contributed by atoms with Crippen molar-refractivity contribution in [3.8, 4) is 0 Å². The maximum absolute atomic E-state index is 12.5. The molecule has 2 N–H and O–H groups in total. The minimum atomic E-state index is -4.19. The predicted octanol–water partition coefficient (Wildman–Crippen LogP) is 1.61. The van der Waals surface area contributed by atoms with E-state index in [2.05, 4.69) is 0 Å². The molecular formula is C9H17F3N2. The Balaban J connectivity index is 2.53. The van der Waals surface area contributed by atoms with Gasteiger partial charge in [-0.05, 0) is 25.3 Å². The molecule has 1 fully saturated rings. The van der Waals surface area contributed by atoms with Crippen LogP contribution >= 0.6 is 0 Å². The average Bonchev–Trinajstić information content (AvgIpc) is 2.85. The zero-order chi connectivity index (χ0) is 10.8. The van der Waals surface area contributed by atoms with Crippen LogP contribution in [0.4, 0.5) is 13.2 Å². The molecule has 1 atom stereocenters. The first kappa shape index (κ1) is 11.8. The van der Waals surface area contributed by atoms with Crippen LogP contribution in [0.25, 0.3) is 0 Å². The summed E-state index contributed by atoms with van der Waals surface area (Å²) in [6.45, 7) is 2.36. The standard InChI is InChI=1S/C9H17F3N2/c1-2-14(6-7-3-4-7)8(5-13)9(10,11)12/h7-8H,2-6,13H2,1H3. The van der Waals surface area contributed by atoms with Gasteiger partial charge in [0.25, 0.3) is 0 Å². The minimum Gasteiger partial charge on any atom is -0.329 e. The normalized spacial score (nSPS) is 20.1. The molecule has 1 aliphatic carbocycles. The third-order valence-electron chi connectivity index (χ3n) is 2.64. The van der Waals surface area contributed by atoms with Crippen LogP contribution in [0.15, 0.2) is 0 Å². The lowest BCUT2D eigenvalue weighted by Crippen LogP contribution is -2.50. The van der Waals surface area contributed by atoms with Crippen molar-refractivity contribution in [2.75, 3.05) is 19.6 Å². The number of likely N-dealkylation sites (N-methyl/N-ethyl adjacent to an activating group) is 1. The SMILES string of the molecule is CCN(CC1CC1)C(CN)C(F)(F)F. The molecule has 1 unspecified atom stereocenters. The van der Waals surface area contributed by atoms with Gasteiger partial charge in [-0.2, -0.15) is 13.2 Å². The van der Waals surface area contributed by atoms with E-state index in [-0.39, 0.29) is 6.54 Å². The van der Waals surface area contributed by atoms with Crippen LogP contribution in [-0.4, -0.2) is 36.8 Å². The van der Waals surface area contributed by atoms with E-state index in [9.17, 15) is 13.2 Å². The number of hydrogen-bond donors (Lipinski definition) is 1. The lowest BCUT2D eigenvalue weighted by Gasteiger charge is -2.31. The third kappa shape index (κ3) is 3.13. The highest BCUT2D eigenvalue weighted by atomic mass is 19.4. The van der Waals surface area contributed by atoms with E-state index in [0.29, 0.717) is 19.0 Å². The monoisotopic (exact) mass is 210 g/mol. The molecule has 0 saturated heterocycles. The summed E-state index contributed by atoms with van der Waals surface area (Å²) in [6.07, 6.45) is -2.07. The summed E-state index contributed by atoms with van der Waals surface area (Å²) in [7, 11) is 0. The van der Waals surface area contributed by atoms with Crippen molar-refractivity contribution in [3.05, 3.63) is 0 Å². The van der Waals surface area contributed by atoms with Crippen LogP contribution in [-0.2, 0) is 0 Å². The van der Waals surface area contributed by atoms with Crippen molar-refractivity contribution in [2.45, 2.75) is 32.0 Å². The van der Waals surface area contributed by atoms with E-state index in [4.69, 9.17) is 5.73 Å². The number of nitrogens with zero attached hydrogens (tertiary/aromatic N) is 1. The fraction of sp³-hybridized carbons (Fsp3) is 1.00. The van der Waals surface area contributed by atoms with Crippen LogP contribution < -0.4 is 5.73 Å². The van der Waals surface area contributed by atoms with Gasteiger partial charge in [0.15, 0.2) is 0 Å². The first-order chi connectivity index (χ1) is 6.49. The molecule has 84 valence electrons. The average molecular weight is 210 g/mol. The summed E-state index contributed by atoms with van der Waals surface area (Å²) < 4.78 is 37.5. The van der Waals surface area contributed by atoms with Gasteiger partial charge < -0.3 is 5.73 Å². The molecule has 2 nitrogen and oxygen atoms in total. The van der Waals surface area contributed by atoms with Crippen LogP contribution in [0.5, 0.6) is 0 Å². The van der Waals surface area contributed by atoms with Crippen LogP contribution in [0, 0.1) is 5.92 Å². The van der Waals surface area contributed by atoms with Crippen LogP contribution in [0.3, 0.4) is 0 Å². The van der Waals surface area contributed by atoms with Crippen LogP contribution in [0.1, 0.15) is 19.8 Å². The lowest BCUT2D eigenvalue weighted by molar-refractivity contribution is -0.181. The summed E-state index contributed by atoms with van der Waals surface area (Å²) >= 11 is 0. The maximum atomic E-state index is 12.5. The summed E-state index contributed by atoms with van der Waals surface area (Å²) in [5.74, 6) is 0.464. The van der Waals surface area contributed by atoms with Crippen molar-refractivity contribution in [1.29, 1.82) is 0 Å². The van der Waals surface area contributed by atoms with Crippen LogP contribution in [0.2, 0.25) is 0 Å². The molecule has 0 amide bonds. The molecule has 1 rings (SSSR count).